The van der Waals surface area contributed by atoms with Crippen molar-refractivity contribution < 1.29 is 14.4 Å². The van der Waals surface area contributed by atoms with E-state index in [-0.39, 0.29) is 17.9 Å². The van der Waals surface area contributed by atoms with Crippen molar-refractivity contribution in [1.82, 2.24) is 5.32 Å². The molecule has 0 fully saturated rings. The first-order chi connectivity index (χ1) is 15.6. The predicted molar refractivity (Wildman–Crippen MR) is 125 cm³/mol. The minimum absolute atomic E-state index is 0.110. The third-order valence-electron chi connectivity index (χ3n) is 5.77. The highest BCUT2D eigenvalue weighted by atomic mass is 16.2. The Morgan fingerprint density at radius 2 is 1.69 bits per heavy atom. The lowest BCUT2D eigenvalue weighted by Gasteiger charge is -2.24. The van der Waals surface area contributed by atoms with Gasteiger partial charge in [0.05, 0.1) is 6.04 Å². The van der Waals surface area contributed by atoms with E-state index in [4.69, 9.17) is 0 Å². The number of amides is 3. The maximum atomic E-state index is 13.3. The fraction of sp³-hybridized carbons (Fsp3) is 0.192. The van der Waals surface area contributed by atoms with Crippen molar-refractivity contribution >= 4 is 29.6 Å². The number of carbonyl (C=O) groups is 3. The van der Waals surface area contributed by atoms with Gasteiger partial charge in [0.15, 0.2) is 0 Å². The molecule has 1 aliphatic rings. The van der Waals surface area contributed by atoms with Crippen molar-refractivity contribution in [2.24, 2.45) is 0 Å². The summed E-state index contributed by atoms with van der Waals surface area (Å²) in [5, 5.41) is 5.75. The third kappa shape index (κ3) is 4.39. The van der Waals surface area contributed by atoms with Crippen LogP contribution < -0.4 is 15.5 Å². The van der Waals surface area contributed by atoms with E-state index in [1.165, 1.54) is 0 Å². The van der Waals surface area contributed by atoms with Crippen LogP contribution in [0.5, 0.6) is 0 Å². The summed E-state index contributed by atoms with van der Waals surface area (Å²) in [6.45, 7) is 2.46. The zero-order chi connectivity index (χ0) is 22.5. The van der Waals surface area contributed by atoms with Crippen molar-refractivity contribution in [3.8, 4) is 0 Å². The number of fused-ring (bicyclic) bond motifs is 1. The highest BCUT2D eigenvalue weighted by Crippen LogP contribution is 2.33. The summed E-state index contributed by atoms with van der Waals surface area (Å²) in [5.74, 6) is -0.293. The van der Waals surface area contributed by atoms with E-state index >= 15 is 0 Å². The van der Waals surface area contributed by atoms with Gasteiger partial charge in [-0.1, -0.05) is 36.4 Å². The summed E-state index contributed by atoms with van der Waals surface area (Å²) in [7, 11) is 0. The number of nitrogens with zero attached hydrogens (tertiary/aromatic N) is 1. The zero-order valence-corrected chi connectivity index (χ0v) is 17.9. The molecule has 3 aromatic rings. The maximum Gasteiger partial charge on any atom is 0.258 e. The van der Waals surface area contributed by atoms with E-state index in [9.17, 15) is 14.4 Å². The van der Waals surface area contributed by atoms with Gasteiger partial charge in [0.2, 0.25) is 6.41 Å². The second-order valence-corrected chi connectivity index (χ2v) is 7.84. The van der Waals surface area contributed by atoms with E-state index in [1.54, 1.807) is 35.2 Å². The molecule has 3 aromatic carbocycles. The van der Waals surface area contributed by atoms with Crippen molar-refractivity contribution in [1.29, 1.82) is 0 Å². The molecule has 32 heavy (non-hydrogen) atoms. The molecule has 0 bridgehead atoms. The maximum absolute atomic E-state index is 13.3. The number of aryl methyl sites for hydroxylation is 1. The topological polar surface area (TPSA) is 78.5 Å². The normalized spacial score (nSPS) is 15.3. The molecule has 0 aliphatic carbocycles. The molecule has 2 N–H and O–H groups in total. The fourth-order valence-corrected chi connectivity index (χ4v) is 4.10. The van der Waals surface area contributed by atoms with Crippen LogP contribution in [0.2, 0.25) is 0 Å². The van der Waals surface area contributed by atoms with Crippen LogP contribution in [0.25, 0.3) is 0 Å². The Hall–Kier alpha value is -3.93. The van der Waals surface area contributed by atoms with Crippen LogP contribution >= 0.6 is 0 Å². The molecule has 4 rings (SSSR count). The van der Waals surface area contributed by atoms with Gasteiger partial charge < -0.3 is 15.5 Å². The quantitative estimate of drug-likeness (QED) is 0.590. The first-order valence-electron chi connectivity index (χ1n) is 10.7. The molecule has 162 valence electrons. The van der Waals surface area contributed by atoms with Crippen molar-refractivity contribution in [3.05, 3.63) is 95.1 Å². The summed E-state index contributed by atoms with van der Waals surface area (Å²) < 4.78 is 0. The highest BCUT2D eigenvalue weighted by molar-refractivity contribution is 6.08. The molecule has 0 saturated carbocycles. The lowest BCUT2D eigenvalue weighted by Crippen LogP contribution is -2.31. The minimum Gasteiger partial charge on any atom is -0.352 e. The van der Waals surface area contributed by atoms with E-state index in [0.29, 0.717) is 29.8 Å². The first kappa shape index (κ1) is 21.3. The molecule has 1 unspecified atom stereocenters. The van der Waals surface area contributed by atoms with Crippen LogP contribution in [-0.4, -0.2) is 24.8 Å². The van der Waals surface area contributed by atoms with Crippen LogP contribution in [0.3, 0.4) is 0 Å². The lowest BCUT2D eigenvalue weighted by molar-refractivity contribution is -0.110. The van der Waals surface area contributed by atoms with Gasteiger partial charge in [0, 0.05) is 29.0 Å². The van der Waals surface area contributed by atoms with Gasteiger partial charge in [-0.15, -0.1) is 0 Å². The smallest absolute Gasteiger partial charge is 0.258 e. The molecule has 1 aliphatic heterocycles. The van der Waals surface area contributed by atoms with E-state index in [1.807, 2.05) is 49.4 Å². The summed E-state index contributed by atoms with van der Waals surface area (Å²) in [6.07, 6.45) is 2.25. The van der Waals surface area contributed by atoms with E-state index < -0.39 is 0 Å². The average Bonchev–Trinajstić information content (AvgIpc) is 2.99. The number of carbonyl (C=O) groups excluding carboxylic acids is 3. The van der Waals surface area contributed by atoms with Crippen molar-refractivity contribution in [3.63, 3.8) is 0 Å². The van der Waals surface area contributed by atoms with Gasteiger partial charge in [-0.3, -0.25) is 14.4 Å². The zero-order valence-electron chi connectivity index (χ0n) is 17.9. The average molecular weight is 428 g/mol. The molecule has 0 radical (unpaired) electrons. The molecule has 6 heteroatoms. The van der Waals surface area contributed by atoms with Crippen LogP contribution in [-0.2, 0) is 4.79 Å². The number of para-hydroxylation sites is 1. The molecular weight excluding hydrogens is 402 g/mol. The van der Waals surface area contributed by atoms with Crippen molar-refractivity contribution in [2.75, 3.05) is 16.8 Å². The Bertz CT molecular complexity index is 1140. The number of anilines is 2. The third-order valence-corrected chi connectivity index (χ3v) is 5.77. The fourth-order valence-electron chi connectivity index (χ4n) is 4.10. The number of benzene rings is 3. The van der Waals surface area contributed by atoms with Crippen LogP contribution in [0.4, 0.5) is 11.4 Å². The Labute approximate surface area is 187 Å². The number of hydrogen-bond acceptors (Lipinski definition) is 3. The monoisotopic (exact) mass is 427 g/mol. The standard InChI is InChI=1S/C26H25N3O3/c1-18-7-2-3-8-21(18)25(31)28-20-14-12-19(13-15-20)26(32)29-16-6-10-23(27-17-30)22-9-4-5-11-24(22)29/h2-5,7-9,11-15,17,23H,6,10,16H2,1H3,(H,27,30)(H,28,31). The van der Waals surface area contributed by atoms with Gasteiger partial charge in [0.1, 0.15) is 0 Å². The molecule has 0 saturated heterocycles. The van der Waals surface area contributed by atoms with Crippen molar-refractivity contribution in [2.45, 2.75) is 25.8 Å². The molecule has 1 atom stereocenters. The first-order valence-corrected chi connectivity index (χ1v) is 10.7. The number of nitrogens with one attached hydrogen (secondary N) is 2. The second-order valence-electron chi connectivity index (χ2n) is 7.84. The molecule has 0 spiro atoms. The second kappa shape index (κ2) is 9.47. The molecule has 1 heterocycles. The summed E-state index contributed by atoms with van der Waals surface area (Å²) in [6, 6.07) is 21.9. The molecule has 3 amide bonds. The van der Waals surface area contributed by atoms with Crippen LogP contribution in [0.1, 0.15) is 50.7 Å². The molecular formula is C26H25N3O3. The number of rotatable bonds is 5. The molecule has 0 aromatic heterocycles. The predicted octanol–water partition coefficient (Wildman–Crippen LogP) is 4.48. The SMILES string of the molecule is Cc1ccccc1C(=O)Nc1ccc(C(=O)N2CCCC(NC=O)c3ccccc32)cc1. The van der Waals surface area contributed by atoms with Gasteiger partial charge in [-0.05, 0) is 67.3 Å². The Morgan fingerprint density at radius 3 is 2.44 bits per heavy atom. The molecule has 6 nitrogen and oxygen atoms in total. The lowest BCUT2D eigenvalue weighted by atomic mass is 10.0. The van der Waals surface area contributed by atoms with E-state index in [2.05, 4.69) is 10.6 Å². The van der Waals surface area contributed by atoms with Gasteiger partial charge in [0.25, 0.3) is 11.8 Å². The van der Waals surface area contributed by atoms with Gasteiger partial charge >= 0.3 is 0 Å². The Morgan fingerprint density at radius 1 is 0.969 bits per heavy atom. The summed E-state index contributed by atoms with van der Waals surface area (Å²) >= 11 is 0. The van der Waals surface area contributed by atoms with Crippen LogP contribution in [0, 0.1) is 6.92 Å². The summed E-state index contributed by atoms with van der Waals surface area (Å²) in [5.41, 5.74) is 4.43. The summed E-state index contributed by atoms with van der Waals surface area (Å²) in [4.78, 5) is 38.7. The van der Waals surface area contributed by atoms with Gasteiger partial charge in [-0.2, -0.15) is 0 Å². The van der Waals surface area contributed by atoms with Crippen LogP contribution in [0.15, 0.2) is 72.8 Å². The van der Waals surface area contributed by atoms with E-state index in [0.717, 1.165) is 29.7 Å². The Kier molecular flexibility index (Phi) is 6.31. The van der Waals surface area contributed by atoms with Gasteiger partial charge in [-0.25, -0.2) is 0 Å². The minimum atomic E-state index is -0.183. The number of hydrogen-bond donors (Lipinski definition) is 2. The largest absolute Gasteiger partial charge is 0.352 e. The highest BCUT2D eigenvalue weighted by Gasteiger charge is 2.26. The Balaban J connectivity index is 1.53.